The van der Waals surface area contributed by atoms with E-state index in [0.717, 1.165) is 24.0 Å². The van der Waals surface area contributed by atoms with Gasteiger partial charge in [-0.25, -0.2) is 12.7 Å². The number of carbonyl (C=O) groups is 1. The fourth-order valence-electron chi connectivity index (χ4n) is 2.43. The highest BCUT2D eigenvalue weighted by Crippen LogP contribution is 2.13. The largest absolute Gasteiger partial charge is 0.352 e. The normalized spacial score (nSPS) is 18.3. The van der Waals surface area contributed by atoms with Crippen molar-refractivity contribution in [1.82, 2.24) is 9.62 Å². The van der Waals surface area contributed by atoms with Crippen molar-refractivity contribution in [3.63, 3.8) is 0 Å². The van der Waals surface area contributed by atoms with E-state index in [0.29, 0.717) is 13.1 Å². The Labute approximate surface area is 126 Å². The van der Waals surface area contributed by atoms with Gasteiger partial charge in [-0.2, -0.15) is 0 Å². The molecule has 0 aliphatic carbocycles. The molecule has 6 heteroatoms. The van der Waals surface area contributed by atoms with Crippen LogP contribution < -0.4 is 5.32 Å². The number of carbonyl (C=O) groups excluding carboxylic acids is 1. The van der Waals surface area contributed by atoms with E-state index in [1.165, 1.54) is 4.31 Å². The molecule has 0 unspecified atom stereocenters. The van der Waals surface area contributed by atoms with E-state index in [1.807, 2.05) is 31.2 Å². The number of rotatable bonds is 5. The first kappa shape index (κ1) is 16.0. The molecule has 0 radical (unpaired) electrons. The molecule has 1 fully saturated rings. The van der Waals surface area contributed by atoms with Crippen LogP contribution >= 0.6 is 0 Å². The van der Waals surface area contributed by atoms with Crippen molar-refractivity contribution in [2.45, 2.75) is 32.7 Å². The monoisotopic (exact) mass is 310 g/mol. The van der Waals surface area contributed by atoms with Crippen molar-refractivity contribution in [2.24, 2.45) is 0 Å². The first-order valence-corrected chi connectivity index (χ1v) is 8.88. The maximum atomic E-state index is 11.8. The van der Waals surface area contributed by atoms with Gasteiger partial charge in [0, 0.05) is 26.1 Å². The Bertz CT molecular complexity index is 599. The highest BCUT2D eigenvalue weighted by atomic mass is 32.2. The van der Waals surface area contributed by atoms with E-state index in [-0.39, 0.29) is 24.6 Å². The molecule has 1 aromatic rings. The molecule has 0 bridgehead atoms. The summed E-state index contributed by atoms with van der Waals surface area (Å²) in [5.41, 5.74) is 2.20. The zero-order valence-electron chi connectivity index (χ0n) is 12.3. The molecule has 1 heterocycles. The highest BCUT2D eigenvalue weighted by molar-refractivity contribution is 7.89. The Kier molecular flexibility index (Phi) is 5.36. The molecule has 5 nitrogen and oxygen atoms in total. The Balaban J connectivity index is 1.77. The van der Waals surface area contributed by atoms with Crippen molar-refractivity contribution in [2.75, 3.05) is 18.8 Å². The minimum atomic E-state index is -3.14. The fourth-order valence-corrected chi connectivity index (χ4v) is 4.03. The lowest BCUT2D eigenvalue weighted by Gasteiger charge is -2.25. The van der Waals surface area contributed by atoms with E-state index in [1.54, 1.807) is 0 Å². The van der Waals surface area contributed by atoms with E-state index in [9.17, 15) is 13.2 Å². The van der Waals surface area contributed by atoms with Crippen molar-refractivity contribution in [3.8, 4) is 0 Å². The Hall–Kier alpha value is -1.40. The smallest absolute Gasteiger partial charge is 0.221 e. The molecular formula is C15H22N2O3S. The van der Waals surface area contributed by atoms with Crippen LogP contribution in [0.15, 0.2) is 24.3 Å². The van der Waals surface area contributed by atoms with Crippen LogP contribution in [0.1, 0.15) is 30.4 Å². The summed E-state index contributed by atoms with van der Waals surface area (Å²) in [6.45, 7) is 3.30. The Morgan fingerprint density at radius 1 is 1.33 bits per heavy atom. The standard InChI is InChI=1S/C15H22N2O3S/c1-13-5-4-6-14(11-13)12-16-15(18)7-9-17-8-2-3-10-21(17,19)20/h4-6,11H,2-3,7-10,12H2,1H3,(H,16,18). The molecule has 1 aliphatic heterocycles. The lowest BCUT2D eigenvalue weighted by molar-refractivity contribution is -0.121. The van der Waals surface area contributed by atoms with Gasteiger partial charge >= 0.3 is 0 Å². The van der Waals surface area contributed by atoms with Crippen molar-refractivity contribution < 1.29 is 13.2 Å². The van der Waals surface area contributed by atoms with Crippen molar-refractivity contribution in [3.05, 3.63) is 35.4 Å². The average Bonchev–Trinajstić information content (AvgIpc) is 2.43. The van der Waals surface area contributed by atoms with Crippen LogP contribution in [0.2, 0.25) is 0 Å². The van der Waals surface area contributed by atoms with E-state index in [4.69, 9.17) is 0 Å². The number of hydrogen-bond donors (Lipinski definition) is 1. The molecule has 0 atom stereocenters. The Morgan fingerprint density at radius 3 is 2.86 bits per heavy atom. The summed E-state index contributed by atoms with van der Waals surface area (Å²) in [5, 5.41) is 2.83. The van der Waals surface area contributed by atoms with Gasteiger partial charge in [-0.1, -0.05) is 29.8 Å². The molecule has 0 aromatic heterocycles. The number of sulfonamides is 1. The molecule has 1 saturated heterocycles. The fraction of sp³-hybridized carbons (Fsp3) is 0.533. The summed E-state index contributed by atoms with van der Waals surface area (Å²) in [6.07, 6.45) is 1.81. The molecule has 1 N–H and O–H groups in total. The van der Waals surface area contributed by atoms with E-state index >= 15 is 0 Å². The van der Waals surface area contributed by atoms with Gasteiger partial charge < -0.3 is 5.32 Å². The van der Waals surface area contributed by atoms with Gasteiger partial charge in [0.25, 0.3) is 0 Å². The van der Waals surface area contributed by atoms with Crippen LogP contribution in [0.3, 0.4) is 0 Å². The Morgan fingerprint density at radius 2 is 2.14 bits per heavy atom. The van der Waals surface area contributed by atoms with Crippen LogP contribution in [-0.4, -0.2) is 37.5 Å². The number of nitrogens with zero attached hydrogens (tertiary/aromatic N) is 1. The van der Waals surface area contributed by atoms with Gasteiger partial charge in [-0.3, -0.25) is 4.79 Å². The molecule has 116 valence electrons. The predicted molar refractivity (Wildman–Crippen MR) is 82.2 cm³/mol. The zero-order valence-corrected chi connectivity index (χ0v) is 13.2. The van der Waals surface area contributed by atoms with E-state index in [2.05, 4.69) is 5.32 Å². The number of nitrogens with one attached hydrogen (secondary N) is 1. The second-order valence-electron chi connectivity index (χ2n) is 5.44. The molecule has 0 saturated carbocycles. The maximum absolute atomic E-state index is 11.8. The molecule has 21 heavy (non-hydrogen) atoms. The average molecular weight is 310 g/mol. The summed E-state index contributed by atoms with van der Waals surface area (Å²) in [4.78, 5) is 11.8. The maximum Gasteiger partial charge on any atom is 0.221 e. The van der Waals surface area contributed by atoms with Gasteiger partial charge in [0.05, 0.1) is 5.75 Å². The lowest BCUT2D eigenvalue weighted by Crippen LogP contribution is -2.40. The van der Waals surface area contributed by atoms with Gasteiger partial charge in [0.15, 0.2) is 0 Å². The minimum absolute atomic E-state index is 0.114. The van der Waals surface area contributed by atoms with Gasteiger partial charge in [-0.15, -0.1) is 0 Å². The van der Waals surface area contributed by atoms with Gasteiger partial charge in [0.2, 0.25) is 15.9 Å². The molecule has 1 aromatic carbocycles. The van der Waals surface area contributed by atoms with Gasteiger partial charge in [-0.05, 0) is 25.3 Å². The van der Waals surface area contributed by atoms with Crippen LogP contribution in [-0.2, 0) is 21.4 Å². The summed E-state index contributed by atoms with van der Waals surface area (Å²) >= 11 is 0. The van der Waals surface area contributed by atoms with Crippen molar-refractivity contribution in [1.29, 1.82) is 0 Å². The van der Waals surface area contributed by atoms with Crippen LogP contribution in [0.25, 0.3) is 0 Å². The predicted octanol–water partition coefficient (Wildman–Crippen LogP) is 1.43. The first-order chi connectivity index (χ1) is 9.97. The number of amides is 1. The topological polar surface area (TPSA) is 66.5 Å². The van der Waals surface area contributed by atoms with Gasteiger partial charge in [0.1, 0.15) is 0 Å². The summed E-state index contributed by atoms with van der Waals surface area (Å²) in [6, 6.07) is 7.95. The lowest BCUT2D eigenvalue weighted by atomic mass is 10.1. The third kappa shape index (κ3) is 4.82. The molecular weight excluding hydrogens is 288 g/mol. The minimum Gasteiger partial charge on any atom is -0.352 e. The SMILES string of the molecule is Cc1cccc(CNC(=O)CCN2CCCCS2(=O)=O)c1. The third-order valence-corrected chi connectivity index (χ3v) is 5.57. The quantitative estimate of drug-likeness (QED) is 0.894. The summed E-state index contributed by atoms with van der Waals surface area (Å²) in [7, 11) is -3.14. The van der Waals surface area contributed by atoms with Crippen LogP contribution in [0.4, 0.5) is 0 Å². The molecule has 0 spiro atoms. The summed E-state index contributed by atoms with van der Waals surface area (Å²) < 4.78 is 25.0. The van der Waals surface area contributed by atoms with Crippen LogP contribution in [0.5, 0.6) is 0 Å². The zero-order chi connectivity index (χ0) is 15.3. The number of aryl methyl sites for hydroxylation is 1. The molecule has 1 aliphatic rings. The number of hydrogen-bond acceptors (Lipinski definition) is 3. The highest BCUT2D eigenvalue weighted by Gasteiger charge is 2.25. The molecule has 2 rings (SSSR count). The van der Waals surface area contributed by atoms with E-state index < -0.39 is 10.0 Å². The van der Waals surface area contributed by atoms with Crippen LogP contribution in [0, 0.1) is 6.92 Å². The second-order valence-corrected chi connectivity index (χ2v) is 7.53. The molecule has 1 amide bonds. The van der Waals surface area contributed by atoms with Crippen molar-refractivity contribution >= 4 is 15.9 Å². The first-order valence-electron chi connectivity index (χ1n) is 7.27. The number of benzene rings is 1. The third-order valence-electron chi connectivity index (χ3n) is 3.61. The second kappa shape index (κ2) is 7.04. The summed E-state index contributed by atoms with van der Waals surface area (Å²) in [5.74, 6) is 0.0926.